The van der Waals surface area contributed by atoms with Crippen LogP contribution in [0.2, 0.25) is 0 Å². The number of carbonyl (C=O) groups is 2. The van der Waals surface area contributed by atoms with Gasteiger partial charge in [0.25, 0.3) is 5.91 Å². The number of hydrogen-bond acceptors (Lipinski definition) is 5. The number of rotatable bonds is 6. The molecule has 6 nitrogen and oxygen atoms in total. The third-order valence-corrected chi connectivity index (χ3v) is 4.60. The fourth-order valence-electron chi connectivity index (χ4n) is 2.38. The van der Waals surface area contributed by atoms with E-state index >= 15 is 0 Å². The molecule has 2 aromatic carbocycles. The third-order valence-electron chi connectivity index (χ3n) is 3.66. The van der Waals surface area contributed by atoms with Gasteiger partial charge in [0.05, 0.1) is 17.4 Å². The van der Waals surface area contributed by atoms with Crippen molar-refractivity contribution in [1.82, 2.24) is 10.3 Å². The molecule has 0 aliphatic carbocycles. The van der Waals surface area contributed by atoms with Gasteiger partial charge in [0, 0.05) is 19.0 Å². The van der Waals surface area contributed by atoms with Gasteiger partial charge in [-0.2, -0.15) is 0 Å². The van der Waals surface area contributed by atoms with Crippen LogP contribution in [0.15, 0.2) is 36.4 Å². The molecule has 0 bridgehead atoms. The molecule has 0 radical (unpaired) electrons. The molecule has 27 heavy (non-hydrogen) atoms. The molecule has 0 spiro atoms. The van der Waals surface area contributed by atoms with Gasteiger partial charge in [-0.1, -0.05) is 17.4 Å². The first-order valence-corrected chi connectivity index (χ1v) is 8.76. The van der Waals surface area contributed by atoms with E-state index in [1.165, 1.54) is 11.3 Å². The second-order valence-electron chi connectivity index (χ2n) is 5.50. The molecule has 3 rings (SSSR count). The summed E-state index contributed by atoms with van der Waals surface area (Å²) in [5, 5.41) is 5.49. The summed E-state index contributed by atoms with van der Waals surface area (Å²) in [6.45, 7) is -0.00427. The lowest BCUT2D eigenvalue weighted by Gasteiger charge is -2.06. The highest BCUT2D eigenvalue weighted by Gasteiger charge is 2.14. The van der Waals surface area contributed by atoms with Crippen molar-refractivity contribution in [3.05, 3.63) is 53.6 Å². The topological polar surface area (TPSA) is 80.3 Å². The van der Waals surface area contributed by atoms with Crippen LogP contribution < -0.4 is 15.4 Å². The number of fused-ring (bicyclic) bond motifs is 1. The van der Waals surface area contributed by atoms with Gasteiger partial charge in [-0.25, -0.2) is 13.8 Å². The van der Waals surface area contributed by atoms with Gasteiger partial charge in [-0.05, 0) is 24.3 Å². The van der Waals surface area contributed by atoms with Gasteiger partial charge in [-0.3, -0.25) is 9.59 Å². The van der Waals surface area contributed by atoms with E-state index in [0.29, 0.717) is 22.5 Å². The van der Waals surface area contributed by atoms with E-state index in [-0.39, 0.29) is 24.4 Å². The Kier molecular flexibility index (Phi) is 5.60. The molecule has 3 aromatic rings. The summed E-state index contributed by atoms with van der Waals surface area (Å²) in [6.07, 6.45) is -0.0262. The molecule has 1 aromatic heterocycles. The number of aromatic nitrogens is 1. The number of halogens is 2. The van der Waals surface area contributed by atoms with E-state index in [0.717, 1.165) is 16.8 Å². The Morgan fingerprint density at radius 2 is 2.04 bits per heavy atom. The quantitative estimate of drug-likeness (QED) is 0.675. The molecule has 0 fully saturated rings. The number of thiazole rings is 1. The van der Waals surface area contributed by atoms with Crippen LogP contribution in [0.5, 0.6) is 5.75 Å². The number of nitrogens with zero attached hydrogens (tertiary/aromatic N) is 1. The maximum Gasteiger partial charge on any atom is 0.254 e. The van der Waals surface area contributed by atoms with Crippen LogP contribution in [-0.2, 0) is 4.79 Å². The van der Waals surface area contributed by atoms with Crippen molar-refractivity contribution in [2.45, 2.75) is 6.42 Å². The van der Waals surface area contributed by atoms with Crippen LogP contribution in [0.4, 0.5) is 13.9 Å². The number of para-hydroxylation sites is 1. The highest BCUT2D eigenvalue weighted by atomic mass is 32.1. The van der Waals surface area contributed by atoms with Gasteiger partial charge in [0.15, 0.2) is 5.13 Å². The summed E-state index contributed by atoms with van der Waals surface area (Å²) < 4.78 is 32.5. The fourth-order valence-corrected chi connectivity index (χ4v) is 3.28. The number of benzene rings is 2. The van der Waals surface area contributed by atoms with E-state index in [4.69, 9.17) is 4.74 Å². The Morgan fingerprint density at radius 1 is 1.22 bits per heavy atom. The predicted octanol–water partition coefficient (Wildman–Crippen LogP) is 3.34. The minimum Gasteiger partial charge on any atom is -0.494 e. The third kappa shape index (κ3) is 4.37. The number of anilines is 1. The number of amides is 2. The van der Waals surface area contributed by atoms with Crippen LogP contribution in [0.3, 0.4) is 0 Å². The van der Waals surface area contributed by atoms with Crippen molar-refractivity contribution < 1.29 is 23.1 Å². The molecule has 1 heterocycles. The smallest absolute Gasteiger partial charge is 0.254 e. The standard InChI is InChI=1S/C18H15F2N3O3S/c1-26-13-3-2-4-14-16(13)23-18(27-14)22-15(24)7-8-21-17(25)11-6-5-10(19)9-12(11)20/h2-6,9H,7-8H2,1H3,(H,21,25)(H,22,23,24). The SMILES string of the molecule is COc1cccc2sc(NC(=O)CCNC(=O)c3ccc(F)cc3F)nc12. The zero-order valence-electron chi connectivity index (χ0n) is 14.2. The van der Waals surface area contributed by atoms with Crippen molar-refractivity contribution in [3.8, 4) is 5.75 Å². The monoisotopic (exact) mass is 391 g/mol. The van der Waals surface area contributed by atoms with E-state index < -0.39 is 17.5 Å². The minimum absolute atomic E-state index is 0.00427. The molecule has 0 saturated carbocycles. The Hall–Kier alpha value is -3.07. The van der Waals surface area contributed by atoms with Crippen LogP contribution in [0.1, 0.15) is 16.8 Å². The first-order valence-electron chi connectivity index (χ1n) is 7.94. The Morgan fingerprint density at radius 3 is 2.78 bits per heavy atom. The molecular weight excluding hydrogens is 376 g/mol. The largest absolute Gasteiger partial charge is 0.494 e. The highest BCUT2D eigenvalue weighted by Crippen LogP contribution is 2.32. The van der Waals surface area contributed by atoms with Crippen LogP contribution in [0, 0.1) is 11.6 Å². The zero-order chi connectivity index (χ0) is 19.4. The number of ether oxygens (including phenoxy) is 1. The highest BCUT2D eigenvalue weighted by molar-refractivity contribution is 7.22. The van der Waals surface area contributed by atoms with Gasteiger partial charge in [0.1, 0.15) is 22.9 Å². The molecular formula is C18H15F2N3O3S. The molecule has 0 unspecified atom stereocenters. The summed E-state index contributed by atoms with van der Waals surface area (Å²) in [5.41, 5.74) is 0.371. The lowest BCUT2D eigenvalue weighted by atomic mass is 10.2. The summed E-state index contributed by atoms with van der Waals surface area (Å²) >= 11 is 1.30. The Balaban J connectivity index is 1.55. The molecule has 2 amide bonds. The molecule has 0 aliphatic heterocycles. The van der Waals surface area contributed by atoms with Gasteiger partial charge in [-0.15, -0.1) is 0 Å². The van der Waals surface area contributed by atoms with Gasteiger partial charge in [0.2, 0.25) is 5.91 Å². The van der Waals surface area contributed by atoms with Crippen molar-refractivity contribution in [1.29, 1.82) is 0 Å². The molecule has 0 aliphatic rings. The second kappa shape index (κ2) is 8.09. The first-order chi connectivity index (χ1) is 13.0. The maximum atomic E-state index is 13.5. The van der Waals surface area contributed by atoms with E-state index in [9.17, 15) is 18.4 Å². The number of hydrogen-bond donors (Lipinski definition) is 2. The van der Waals surface area contributed by atoms with Crippen molar-refractivity contribution in [2.24, 2.45) is 0 Å². The van der Waals surface area contributed by atoms with E-state index in [2.05, 4.69) is 15.6 Å². The van der Waals surface area contributed by atoms with Gasteiger partial charge >= 0.3 is 0 Å². The lowest BCUT2D eigenvalue weighted by molar-refractivity contribution is -0.116. The van der Waals surface area contributed by atoms with E-state index in [1.807, 2.05) is 12.1 Å². The molecule has 0 atom stereocenters. The number of methoxy groups -OCH3 is 1. The van der Waals surface area contributed by atoms with Crippen molar-refractivity contribution in [2.75, 3.05) is 19.0 Å². The zero-order valence-corrected chi connectivity index (χ0v) is 15.0. The maximum absolute atomic E-state index is 13.5. The summed E-state index contributed by atoms with van der Waals surface area (Å²) in [4.78, 5) is 28.2. The van der Waals surface area contributed by atoms with Crippen molar-refractivity contribution in [3.63, 3.8) is 0 Å². The minimum atomic E-state index is -0.958. The predicted molar refractivity (Wildman–Crippen MR) is 98.1 cm³/mol. The summed E-state index contributed by atoms with van der Waals surface area (Å²) in [5.74, 6) is -2.19. The molecule has 0 saturated heterocycles. The molecule has 140 valence electrons. The number of carbonyl (C=O) groups excluding carboxylic acids is 2. The average molecular weight is 391 g/mol. The van der Waals surface area contributed by atoms with Crippen LogP contribution >= 0.6 is 11.3 Å². The lowest BCUT2D eigenvalue weighted by Crippen LogP contribution is -2.28. The Bertz CT molecular complexity index is 1010. The average Bonchev–Trinajstić information content (AvgIpc) is 3.03. The first kappa shape index (κ1) is 18.7. The van der Waals surface area contributed by atoms with Gasteiger partial charge < -0.3 is 15.4 Å². The fraction of sp³-hybridized carbons (Fsp3) is 0.167. The van der Waals surface area contributed by atoms with Crippen LogP contribution in [0.25, 0.3) is 10.2 Å². The van der Waals surface area contributed by atoms with Crippen LogP contribution in [-0.4, -0.2) is 30.5 Å². The summed E-state index contributed by atoms with van der Waals surface area (Å²) in [7, 11) is 1.54. The molecule has 9 heteroatoms. The van der Waals surface area contributed by atoms with Crippen molar-refractivity contribution >= 4 is 38.5 Å². The van der Waals surface area contributed by atoms with E-state index in [1.54, 1.807) is 13.2 Å². The Labute approximate surface area is 157 Å². The summed E-state index contributed by atoms with van der Waals surface area (Å²) in [6, 6.07) is 8.14. The normalized spacial score (nSPS) is 10.6. The molecule has 2 N–H and O–H groups in total. The second-order valence-corrected chi connectivity index (χ2v) is 6.53. The number of nitrogens with one attached hydrogen (secondary N) is 2.